The molecule has 1 aromatic carbocycles. The van der Waals surface area contributed by atoms with E-state index in [0.29, 0.717) is 4.90 Å². The van der Waals surface area contributed by atoms with E-state index in [1.54, 1.807) is 19.1 Å². The van der Waals surface area contributed by atoms with Gasteiger partial charge in [-0.1, -0.05) is 6.07 Å². The second kappa shape index (κ2) is 4.38. The molecule has 0 amide bonds. The standard InChI is InChI=1S/C12H13FO4S/c1-5-8(14)9(15)11-12(16-5)17-10-6(13)3-2-4-7(10)18-11/h2-5,8-9,11-12,14-15H,1H3. The number of fused-ring (bicyclic) bond motifs is 2. The maximum Gasteiger partial charge on any atom is 0.215 e. The lowest BCUT2D eigenvalue weighted by Crippen LogP contribution is -2.57. The van der Waals surface area contributed by atoms with Crippen molar-refractivity contribution < 1.29 is 24.1 Å². The van der Waals surface area contributed by atoms with Gasteiger partial charge in [-0.05, 0) is 19.1 Å². The Morgan fingerprint density at radius 3 is 2.83 bits per heavy atom. The van der Waals surface area contributed by atoms with Crippen molar-refractivity contribution in [1.82, 2.24) is 0 Å². The molecule has 2 aliphatic rings. The van der Waals surface area contributed by atoms with Gasteiger partial charge in [0.2, 0.25) is 6.29 Å². The second-order valence-electron chi connectivity index (χ2n) is 4.46. The zero-order chi connectivity index (χ0) is 12.9. The van der Waals surface area contributed by atoms with E-state index in [1.807, 2.05) is 0 Å². The minimum atomic E-state index is -0.961. The topological polar surface area (TPSA) is 58.9 Å². The van der Waals surface area contributed by atoms with Gasteiger partial charge in [0.1, 0.15) is 17.5 Å². The monoisotopic (exact) mass is 272 g/mol. The quantitative estimate of drug-likeness (QED) is 0.742. The molecule has 6 heteroatoms. The van der Waals surface area contributed by atoms with E-state index in [1.165, 1.54) is 17.8 Å². The van der Waals surface area contributed by atoms with Gasteiger partial charge in [0.25, 0.3) is 0 Å². The molecular formula is C12H13FO4S. The molecule has 0 spiro atoms. The minimum Gasteiger partial charge on any atom is -0.459 e. The van der Waals surface area contributed by atoms with E-state index in [-0.39, 0.29) is 5.75 Å². The summed E-state index contributed by atoms with van der Waals surface area (Å²) in [5, 5.41) is 19.3. The van der Waals surface area contributed by atoms with E-state index in [0.717, 1.165) is 0 Å². The third kappa shape index (κ3) is 1.80. The van der Waals surface area contributed by atoms with Gasteiger partial charge >= 0.3 is 0 Å². The summed E-state index contributed by atoms with van der Waals surface area (Å²) in [7, 11) is 0. The average molecular weight is 272 g/mol. The van der Waals surface area contributed by atoms with E-state index in [4.69, 9.17) is 9.47 Å². The Morgan fingerprint density at radius 2 is 2.06 bits per heavy atom. The summed E-state index contributed by atoms with van der Waals surface area (Å²) in [5.74, 6) is -0.296. The van der Waals surface area contributed by atoms with Gasteiger partial charge in [-0.15, -0.1) is 11.8 Å². The first-order chi connectivity index (χ1) is 8.58. The van der Waals surface area contributed by atoms with Crippen molar-refractivity contribution in [3.63, 3.8) is 0 Å². The largest absolute Gasteiger partial charge is 0.459 e. The summed E-state index contributed by atoms with van der Waals surface area (Å²) < 4.78 is 24.5. The molecule has 1 saturated heterocycles. The number of hydrogen-bond acceptors (Lipinski definition) is 5. The Kier molecular flexibility index (Phi) is 2.97. The maximum absolute atomic E-state index is 13.6. The molecule has 0 radical (unpaired) electrons. The lowest BCUT2D eigenvalue weighted by Gasteiger charge is -2.43. The van der Waals surface area contributed by atoms with Crippen molar-refractivity contribution >= 4 is 11.8 Å². The van der Waals surface area contributed by atoms with Crippen molar-refractivity contribution in [3.05, 3.63) is 24.0 Å². The molecular weight excluding hydrogens is 259 g/mol. The highest BCUT2D eigenvalue weighted by atomic mass is 32.2. The normalized spacial score (nSPS) is 38.6. The van der Waals surface area contributed by atoms with Crippen molar-refractivity contribution in [2.45, 2.75) is 41.7 Å². The molecule has 1 fully saturated rings. The molecule has 98 valence electrons. The smallest absolute Gasteiger partial charge is 0.215 e. The Hall–Kier alpha value is -0.820. The molecule has 5 atom stereocenters. The van der Waals surface area contributed by atoms with Crippen molar-refractivity contribution in [3.8, 4) is 5.75 Å². The van der Waals surface area contributed by atoms with Crippen molar-refractivity contribution in [1.29, 1.82) is 0 Å². The van der Waals surface area contributed by atoms with Crippen LogP contribution in [-0.4, -0.2) is 40.1 Å². The number of ether oxygens (including phenoxy) is 2. The fraction of sp³-hybridized carbons (Fsp3) is 0.500. The van der Waals surface area contributed by atoms with Crippen LogP contribution in [0.25, 0.3) is 0 Å². The molecule has 0 aliphatic carbocycles. The molecule has 0 saturated carbocycles. The predicted octanol–water partition coefficient (Wildman–Crippen LogP) is 1.15. The molecule has 2 heterocycles. The maximum atomic E-state index is 13.6. The highest BCUT2D eigenvalue weighted by Crippen LogP contribution is 2.45. The molecule has 1 aromatic rings. The Morgan fingerprint density at radius 1 is 1.28 bits per heavy atom. The summed E-state index contributed by atoms with van der Waals surface area (Å²) in [5.41, 5.74) is 0. The van der Waals surface area contributed by atoms with Crippen LogP contribution in [0.1, 0.15) is 6.92 Å². The first kappa shape index (κ1) is 12.2. The van der Waals surface area contributed by atoms with Gasteiger partial charge in [-0.25, -0.2) is 4.39 Å². The SMILES string of the molecule is CC1OC2Oc3c(F)cccc3SC2C(O)C1O. The first-order valence-electron chi connectivity index (χ1n) is 5.71. The molecule has 3 rings (SSSR count). The molecule has 2 aliphatic heterocycles. The highest BCUT2D eigenvalue weighted by molar-refractivity contribution is 8.00. The number of halogens is 1. The summed E-state index contributed by atoms with van der Waals surface area (Å²) in [6.45, 7) is 1.65. The number of aliphatic hydroxyl groups excluding tert-OH is 2. The number of para-hydroxylation sites is 1. The van der Waals surface area contributed by atoms with Crippen LogP contribution in [0.15, 0.2) is 23.1 Å². The van der Waals surface area contributed by atoms with E-state index in [2.05, 4.69) is 0 Å². The van der Waals surface area contributed by atoms with Crippen LogP contribution in [0.4, 0.5) is 4.39 Å². The van der Waals surface area contributed by atoms with Gasteiger partial charge in [0.15, 0.2) is 11.6 Å². The minimum absolute atomic E-state index is 0.152. The van der Waals surface area contributed by atoms with Crippen LogP contribution in [0.5, 0.6) is 5.75 Å². The fourth-order valence-electron chi connectivity index (χ4n) is 2.18. The molecule has 4 nitrogen and oxygen atoms in total. The summed E-state index contributed by atoms with van der Waals surface area (Å²) >= 11 is 1.27. The van der Waals surface area contributed by atoms with Gasteiger partial charge < -0.3 is 19.7 Å². The second-order valence-corrected chi connectivity index (χ2v) is 5.68. The molecule has 0 aromatic heterocycles. The number of hydrogen-bond donors (Lipinski definition) is 2. The van der Waals surface area contributed by atoms with Crippen LogP contribution in [0.3, 0.4) is 0 Å². The number of rotatable bonds is 0. The van der Waals surface area contributed by atoms with Crippen LogP contribution in [0, 0.1) is 5.82 Å². The van der Waals surface area contributed by atoms with Gasteiger partial charge in [-0.2, -0.15) is 0 Å². The van der Waals surface area contributed by atoms with Gasteiger partial charge in [-0.3, -0.25) is 0 Å². The van der Waals surface area contributed by atoms with Crippen LogP contribution in [-0.2, 0) is 4.74 Å². The van der Waals surface area contributed by atoms with Gasteiger partial charge in [0.05, 0.1) is 11.0 Å². The molecule has 5 unspecified atom stereocenters. The predicted molar refractivity (Wildman–Crippen MR) is 63.0 cm³/mol. The van der Waals surface area contributed by atoms with Crippen LogP contribution < -0.4 is 4.74 Å². The average Bonchev–Trinajstić information content (AvgIpc) is 2.36. The van der Waals surface area contributed by atoms with Crippen molar-refractivity contribution in [2.75, 3.05) is 0 Å². The first-order valence-corrected chi connectivity index (χ1v) is 6.59. The Labute approximate surface area is 108 Å². The number of benzene rings is 1. The lowest BCUT2D eigenvalue weighted by molar-refractivity contribution is -0.214. The summed E-state index contributed by atoms with van der Waals surface area (Å²) in [4.78, 5) is 0.612. The number of aliphatic hydroxyl groups is 2. The lowest BCUT2D eigenvalue weighted by atomic mass is 10.0. The third-order valence-corrected chi connectivity index (χ3v) is 4.56. The van der Waals surface area contributed by atoms with Crippen LogP contribution in [0.2, 0.25) is 0 Å². The summed E-state index contributed by atoms with van der Waals surface area (Å²) in [6.07, 6.45) is -3.21. The summed E-state index contributed by atoms with van der Waals surface area (Å²) in [6, 6.07) is 4.62. The zero-order valence-electron chi connectivity index (χ0n) is 9.62. The molecule has 18 heavy (non-hydrogen) atoms. The third-order valence-electron chi connectivity index (χ3n) is 3.21. The Balaban J connectivity index is 1.94. The van der Waals surface area contributed by atoms with E-state index >= 15 is 0 Å². The number of thioether (sulfide) groups is 1. The fourth-order valence-corrected chi connectivity index (χ4v) is 3.42. The van der Waals surface area contributed by atoms with E-state index < -0.39 is 35.7 Å². The highest BCUT2D eigenvalue weighted by Gasteiger charge is 2.47. The molecule has 2 N–H and O–H groups in total. The van der Waals surface area contributed by atoms with Crippen LogP contribution >= 0.6 is 11.8 Å². The molecule has 0 bridgehead atoms. The zero-order valence-corrected chi connectivity index (χ0v) is 10.4. The van der Waals surface area contributed by atoms with E-state index in [9.17, 15) is 14.6 Å². The van der Waals surface area contributed by atoms with Crippen molar-refractivity contribution in [2.24, 2.45) is 0 Å². The Bertz CT molecular complexity index is 469. The van der Waals surface area contributed by atoms with Gasteiger partial charge in [0, 0.05) is 0 Å².